The molecule has 4 nitrogen and oxygen atoms in total. The highest BCUT2D eigenvalue weighted by Gasteiger charge is 2.27. The number of aryl methyl sites for hydroxylation is 1. The van der Waals surface area contributed by atoms with E-state index in [1.807, 2.05) is 6.92 Å². The first-order chi connectivity index (χ1) is 13.9. The highest BCUT2D eigenvalue weighted by atomic mass is 32.1. The third-order valence-electron chi connectivity index (χ3n) is 5.33. The van der Waals surface area contributed by atoms with Crippen LogP contribution in [-0.2, 0) is 17.6 Å². The molecule has 1 aromatic heterocycles. The minimum absolute atomic E-state index is 0.0665. The van der Waals surface area contributed by atoms with E-state index in [1.54, 1.807) is 11.3 Å². The fraction of sp³-hybridized carbons (Fsp3) is 0.478. The van der Waals surface area contributed by atoms with Gasteiger partial charge in [0.15, 0.2) is 5.11 Å². The second-order valence-electron chi connectivity index (χ2n) is 7.78. The monoisotopic (exact) mass is 430 g/mol. The Kier molecular flexibility index (Phi) is 7.30. The topological polar surface area (TPSA) is 50.4 Å². The number of anilines is 1. The zero-order valence-electron chi connectivity index (χ0n) is 17.6. The molecule has 0 bridgehead atoms. The van der Waals surface area contributed by atoms with E-state index < -0.39 is 0 Å². The van der Waals surface area contributed by atoms with Gasteiger partial charge in [0.05, 0.1) is 18.2 Å². The summed E-state index contributed by atoms with van der Waals surface area (Å²) in [5, 5.41) is 7.95. The molecule has 1 aliphatic rings. The Bertz CT molecular complexity index is 872. The lowest BCUT2D eigenvalue weighted by molar-refractivity contribution is 0.0526. The van der Waals surface area contributed by atoms with Crippen molar-refractivity contribution >= 4 is 39.6 Å². The molecule has 2 aromatic rings. The van der Waals surface area contributed by atoms with Crippen molar-refractivity contribution < 1.29 is 9.53 Å². The molecule has 3 rings (SSSR count). The van der Waals surface area contributed by atoms with Crippen molar-refractivity contribution in [1.82, 2.24) is 5.32 Å². The number of thiophene rings is 1. The molecule has 1 aliphatic carbocycles. The predicted molar refractivity (Wildman–Crippen MR) is 125 cm³/mol. The first-order valence-corrected chi connectivity index (χ1v) is 11.6. The van der Waals surface area contributed by atoms with Crippen molar-refractivity contribution in [2.75, 3.05) is 11.9 Å². The maximum Gasteiger partial charge on any atom is 0.341 e. The third kappa shape index (κ3) is 5.17. The summed E-state index contributed by atoms with van der Waals surface area (Å²) >= 11 is 7.20. The lowest BCUT2D eigenvalue weighted by Crippen LogP contribution is -2.31. The first-order valence-electron chi connectivity index (χ1n) is 10.4. The Labute approximate surface area is 183 Å². The van der Waals surface area contributed by atoms with E-state index in [1.165, 1.54) is 22.4 Å². The Morgan fingerprint density at radius 3 is 2.45 bits per heavy atom. The van der Waals surface area contributed by atoms with Gasteiger partial charge in [-0.05, 0) is 74.4 Å². The van der Waals surface area contributed by atoms with Crippen LogP contribution in [0.15, 0.2) is 24.3 Å². The molecule has 0 radical (unpaired) electrons. The summed E-state index contributed by atoms with van der Waals surface area (Å²) in [5.74, 6) is 0.260. The van der Waals surface area contributed by atoms with Crippen LogP contribution in [0.5, 0.6) is 0 Å². The van der Waals surface area contributed by atoms with Crippen LogP contribution in [0.1, 0.15) is 84.4 Å². The van der Waals surface area contributed by atoms with Crippen molar-refractivity contribution in [3.63, 3.8) is 0 Å². The maximum atomic E-state index is 12.6. The zero-order chi connectivity index (χ0) is 21.0. The van der Waals surface area contributed by atoms with Crippen LogP contribution in [0.3, 0.4) is 0 Å². The molecule has 2 N–H and O–H groups in total. The molecule has 0 saturated carbocycles. The standard InChI is InChI=1S/C23H30N2O2S2/c1-5-27-22(26)20-18-8-6-7-9-19(18)29-21(20)25-23(28)24-15(4)17-12-10-16(11-13-17)14(2)3/h10-15H,5-9H2,1-4H3,(H2,24,25,28). The normalized spacial score (nSPS) is 14.2. The van der Waals surface area contributed by atoms with Crippen molar-refractivity contribution in [1.29, 1.82) is 0 Å². The summed E-state index contributed by atoms with van der Waals surface area (Å²) in [6, 6.07) is 8.69. The number of benzene rings is 1. The van der Waals surface area contributed by atoms with Gasteiger partial charge in [0, 0.05) is 4.88 Å². The van der Waals surface area contributed by atoms with E-state index in [0.717, 1.165) is 29.8 Å². The van der Waals surface area contributed by atoms with Gasteiger partial charge in [0.1, 0.15) is 5.00 Å². The van der Waals surface area contributed by atoms with Crippen LogP contribution in [-0.4, -0.2) is 17.7 Å². The Balaban J connectivity index is 1.73. The summed E-state index contributed by atoms with van der Waals surface area (Å²) in [6.07, 6.45) is 4.23. The molecule has 1 atom stereocenters. The average Bonchev–Trinajstić information content (AvgIpc) is 3.05. The number of fused-ring (bicyclic) bond motifs is 1. The van der Waals surface area contributed by atoms with Gasteiger partial charge in [0.25, 0.3) is 0 Å². The molecule has 0 saturated heterocycles. The fourth-order valence-corrected chi connectivity index (χ4v) is 5.29. The van der Waals surface area contributed by atoms with Gasteiger partial charge < -0.3 is 15.4 Å². The third-order valence-corrected chi connectivity index (χ3v) is 6.76. The number of carbonyl (C=O) groups excluding carboxylic acids is 1. The average molecular weight is 431 g/mol. The van der Waals surface area contributed by atoms with Gasteiger partial charge in [-0.1, -0.05) is 38.1 Å². The SMILES string of the molecule is CCOC(=O)c1c(NC(=S)NC(C)c2ccc(C(C)C)cc2)sc2c1CCCC2. The van der Waals surface area contributed by atoms with E-state index in [9.17, 15) is 4.79 Å². The largest absolute Gasteiger partial charge is 0.462 e. The Hall–Kier alpha value is -1.92. The van der Waals surface area contributed by atoms with Crippen LogP contribution in [0.4, 0.5) is 5.00 Å². The smallest absolute Gasteiger partial charge is 0.341 e. The lowest BCUT2D eigenvalue weighted by Gasteiger charge is -2.18. The second-order valence-corrected chi connectivity index (χ2v) is 9.29. The molecule has 29 heavy (non-hydrogen) atoms. The van der Waals surface area contributed by atoms with Crippen LogP contribution < -0.4 is 10.6 Å². The fourth-order valence-electron chi connectivity index (χ4n) is 3.66. The molecule has 0 spiro atoms. The molecule has 0 aliphatic heterocycles. The van der Waals surface area contributed by atoms with E-state index in [2.05, 4.69) is 55.7 Å². The quantitative estimate of drug-likeness (QED) is 0.436. The molecular formula is C23H30N2O2S2. The van der Waals surface area contributed by atoms with Crippen molar-refractivity contribution in [2.45, 2.75) is 65.3 Å². The molecule has 0 amide bonds. The van der Waals surface area contributed by atoms with E-state index in [0.29, 0.717) is 23.2 Å². The minimum Gasteiger partial charge on any atom is -0.462 e. The molecule has 1 unspecified atom stereocenters. The summed E-state index contributed by atoms with van der Waals surface area (Å²) in [7, 11) is 0. The number of esters is 1. The van der Waals surface area contributed by atoms with Gasteiger partial charge in [0.2, 0.25) is 0 Å². The summed E-state index contributed by atoms with van der Waals surface area (Å²) in [5.41, 5.74) is 4.31. The van der Waals surface area contributed by atoms with Crippen molar-refractivity contribution in [3.8, 4) is 0 Å². The van der Waals surface area contributed by atoms with Gasteiger partial charge in [-0.2, -0.15) is 0 Å². The van der Waals surface area contributed by atoms with E-state index in [4.69, 9.17) is 17.0 Å². The molecule has 1 heterocycles. The molecule has 156 valence electrons. The van der Waals surface area contributed by atoms with Gasteiger partial charge in [-0.3, -0.25) is 0 Å². The number of thiocarbonyl (C=S) groups is 1. The summed E-state index contributed by atoms with van der Waals surface area (Å²) < 4.78 is 5.32. The highest BCUT2D eigenvalue weighted by molar-refractivity contribution is 7.80. The van der Waals surface area contributed by atoms with Gasteiger partial charge >= 0.3 is 5.97 Å². The molecular weight excluding hydrogens is 400 g/mol. The van der Waals surface area contributed by atoms with Crippen molar-refractivity contribution in [2.24, 2.45) is 0 Å². The predicted octanol–water partition coefficient (Wildman–Crippen LogP) is 5.97. The second kappa shape index (κ2) is 9.72. The Morgan fingerprint density at radius 2 is 1.79 bits per heavy atom. The number of rotatable bonds is 6. The van der Waals surface area contributed by atoms with Crippen LogP contribution in [0.25, 0.3) is 0 Å². The number of nitrogens with one attached hydrogen (secondary N) is 2. The first kappa shape index (κ1) is 21.8. The molecule has 1 aromatic carbocycles. The number of ether oxygens (including phenoxy) is 1. The van der Waals surface area contributed by atoms with Gasteiger partial charge in [-0.15, -0.1) is 11.3 Å². The number of carbonyl (C=O) groups is 1. The van der Waals surface area contributed by atoms with Crippen LogP contribution in [0, 0.1) is 0 Å². The van der Waals surface area contributed by atoms with Gasteiger partial charge in [-0.25, -0.2) is 4.79 Å². The maximum absolute atomic E-state index is 12.6. The summed E-state index contributed by atoms with van der Waals surface area (Å²) in [4.78, 5) is 13.9. The van der Waals surface area contributed by atoms with Crippen molar-refractivity contribution in [3.05, 3.63) is 51.4 Å². The number of hydrogen-bond donors (Lipinski definition) is 2. The van der Waals surface area contributed by atoms with E-state index in [-0.39, 0.29) is 12.0 Å². The molecule has 0 fully saturated rings. The van der Waals surface area contributed by atoms with Crippen LogP contribution in [0.2, 0.25) is 0 Å². The van der Waals surface area contributed by atoms with Crippen LogP contribution >= 0.6 is 23.6 Å². The minimum atomic E-state index is -0.255. The number of hydrogen-bond acceptors (Lipinski definition) is 4. The zero-order valence-corrected chi connectivity index (χ0v) is 19.3. The lowest BCUT2D eigenvalue weighted by atomic mass is 9.95. The Morgan fingerprint density at radius 1 is 1.14 bits per heavy atom. The highest BCUT2D eigenvalue weighted by Crippen LogP contribution is 2.38. The summed E-state index contributed by atoms with van der Waals surface area (Å²) in [6.45, 7) is 8.68. The molecule has 6 heteroatoms. The van der Waals surface area contributed by atoms with E-state index >= 15 is 0 Å².